The number of nitrogens with zero attached hydrogens (tertiary/aromatic N) is 3. The monoisotopic (exact) mass is 459 g/mol. The molecule has 0 radical (unpaired) electrons. The molecular formula is C33H21N3. The van der Waals surface area contributed by atoms with Crippen molar-refractivity contribution in [3.05, 3.63) is 132 Å². The minimum absolute atomic E-state index is 0.626. The van der Waals surface area contributed by atoms with Gasteiger partial charge in [-0.15, -0.1) is 0 Å². The van der Waals surface area contributed by atoms with Gasteiger partial charge in [0, 0.05) is 10.9 Å². The summed E-state index contributed by atoms with van der Waals surface area (Å²) in [4.78, 5) is 3.67. The number of nitriles is 1. The van der Waals surface area contributed by atoms with Crippen molar-refractivity contribution in [3.8, 4) is 34.0 Å². The van der Waals surface area contributed by atoms with Gasteiger partial charge in [0.15, 0.2) is 5.69 Å². The highest BCUT2D eigenvalue weighted by Gasteiger charge is 2.17. The molecule has 0 amide bonds. The Morgan fingerprint density at radius 1 is 0.694 bits per heavy atom. The Balaban J connectivity index is 1.73. The number of benzene rings is 5. The van der Waals surface area contributed by atoms with E-state index in [0.717, 1.165) is 49.7 Å². The average molecular weight is 460 g/mol. The highest BCUT2D eigenvalue weighted by molar-refractivity contribution is 6.11. The van der Waals surface area contributed by atoms with Gasteiger partial charge in [-0.2, -0.15) is 5.26 Å². The largest absolute Gasteiger partial charge is 0.309 e. The van der Waals surface area contributed by atoms with Crippen LogP contribution in [0.5, 0.6) is 0 Å². The van der Waals surface area contributed by atoms with Crippen LogP contribution in [0.3, 0.4) is 0 Å². The average Bonchev–Trinajstić information content (AvgIpc) is 3.26. The molecule has 0 aliphatic rings. The first-order chi connectivity index (χ1) is 17.7. The van der Waals surface area contributed by atoms with Gasteiger partial charge in [-0.25, -0.2) is 4.85 Å². The third kappa shape index (κ3) is 3.43. The van der Waals surface area contributed by atoms with E-state index in [4.69, 9.17) is 6.57 Å². The van der Waals surface area contributed by atoms with E-state index in [9.17, 15) is 5.26 Å². The lowest BCUT2D eigenvalue weighted by atomic mass is 9.95. The highest BCUT2D eigenvalue weighted by atomic mass is 15.0. The maximum absolute atomic E-state index is 9.74. The van der Waals surface area contributed by atoms with E-state index in [-0.39, 0.29) is 0 Å². The van der Waals surface area contributed by atoms with E-state index in [1.807, 2.05) is 54.6 Å². The summed E-state index contributed by atoms with van der Waals surface area (Å²) >= 11 is 0. The molecule has 0 N–H and O–H groups in total. The van der Waals surface area contributed by atoms with Gasteiger partial charge in [0.25, 0.3) is 0 Å². The molecule has 6 aromatic rings. The second-order valence-electron chi connectivity index (χ2n) is 8.92. The molecule has 36 heavy (non-hydrogen) atoms. The number of hydrogen-bond acceptors (Lipinski definition) is 1. The maximum atomic E-state index is 9.74. The Kier molecular flexibility index (Phi) is 5.11. The van der Waals surface area contributed by atoms with Crippen LogP contribution in [0.4, 0.5) is 5.69 Å². The van der Waals surface area contributed by atoms with Crippen LogP contribution in [-0.2, 0) is 0 Å². The van der Waals surface area contributed by atoms with E-state index >= 15 is 0 Å². The molecule has 3 heteroatoms. The van der Waals surface area contributed by atoms with E-state index < -0.39 is 0 Å². The molecule has 1 heterocycles. The number of fused-ring (bicyclic) bond motifs is 3. The molecule has 6 rings (SSSR count). The normalized spacial score (nSPS) is 10.9. The first-order valence-electron chi connectivity index (χ1n) is 11.8. The number of aromatic nitrogens is 1. The summed E-state index contributed by atoms with van der Waals surface area (Å²) < 4.78 is 2.28. The minimum atomic E-state index is 0.626. The zero-order valence-electron chi connectivity index (χ0n) is 19.7. The van der Waals surface area contributed by atoms with Crippen LogP contribution >= 0.6 is 0 Å². The van der Waals surface area contributed by atoms with Crippen molar-refractivity contribution in [2.45, 2.75) is 6.92 Å². The first kappa shape index (κ1) is 21.4. The molecule has 0 atom stereocenters. The lowest BCUT2D eigenvalue weighted by Gasteiger charge is -2.17. The molecule has 0 aliphatic carbocycles. The van der Waals surface area contributed by atoms with Gasteiger partial charge in [-0.1, -0.05) is 84.4 Å². The molecule has 5 aromatic carbocycles. The van der Waals surface area contributed by atoms with Gasteiger partial charge < -0.3 is 4.57 Å². The standard InChI is InChI=1S/C33H21N3/c1-22-11-13-23(14-12-22)28-17-15-24(27-8-4-3-7-25(27)21-34)19-33(28)36-31-10-6-5-9-29(31)30-20-26(35-2)16-18-32(30)36/h3-20H,1H3. The van der Waals surface area contributed by atoms with Crippen molar-refractivity contribution in [1.82, 2.24) is 4.57 Å². The predicted molar refractivity (Wildman–Crippen MR) is 147 cm³/mol. The lowest BCUT2D eigenvalue weighted by molar-refractivity contribution is 1.18. The molecule has 0 unspecified atom stereocenters. The van der Waals surface area contributed by atoms with Crippen LogP contribution in [-0.4, -0.2) is 4.57 Å². The maximum Gasteiger partial charge on any atom is 0.188 e. The van der Waals surface area contributed by atoms with Crippen LogP contribution < -0.4 is 0 Å². The third-order valence-electron chi connectivity index (χ3n) is 6.74. The number of aryl methyl sites for hydroxylation is 1. The second kappa shape index (κ2) is 8.58. The van der Waals surface area contributed by atoms with Gasteiger partial charge >= 0.3 is 0 Å². The van der Waals surface area contributed by atoms with Gasteiger partial charge in [0.1, 0.15) is 0 Å². The Labute approximate surface area is 209 Å². The molecule has 0 fully saturated rings. The van der Waals surface area contributed by atoms with Gasteiger partial charge in [-0.05, 0) is 59.3 Å². The van der Waals surface area contributed by atoms with Crippen molar-refractivity contribution in [3.63, 3.8) is 0 Å². The quantitative estimate of drug-likeness (QED) is 0.243. The lowest BCUT2D eigenvalue weighted by Crippen LogP contribution is -1.98. The van der Waals surface area contributed by atoms with Crippen LogP contribution in [0, 0.1) is 24.8 Å². The van der Waals surface area contributed by atoms with E-state index in [2.05, 4.69) is 77.0 Å². The van der Waals surface area contributed by atoms with Gasteiger partial charge in [0.05, 0.1) is 34.9 Å². The summed E-state index contributed by atoms with van der Waals surface area (Å²) in [6.45, 7) is 9.61. The fraction of sp³-hybridized carbons (Fsp3) is 0.0303. The fourth-order valence-corrected chi connectivity index (χ4v) is 4.98. The summed E-state index contributed by atoms with van der Waals surface area (Å²) in [7, 11) is 0. The SMILES string of the molecule is [C-]#[N+]c1ccc2c(c1)c1ccccc1n2-c1cc(-c2ccccc2C#N)ccc1-c1ccc(C)cc1. The highest BCUT2D eigenvalue weighted by Crippen LogP contribution is 2.39. The van der Waals surface area contributed by atoms with Crippen molar-refractivity contribution in [2.24, 2.45) is 0 Å². The van der Waals surface area contributed by atoms with Crippen molar-refractivity contribution >= 4 is 27.5 Å². The molecule has 3 nitrogen and oxygen atoms in total. The van der Waals surface area contributed by atoms with Crippen molar-refractivity contribution in [1.29, 1.82) is 5.26 Å². The molecule has 0 saturated carbocycles. The zero-order valence-corrected chi connectivity index (χ0v) is 19.7. The van der Waals surface area contributed by atoms with Gasteiger partial charge in [0.2, 0.25) is 0 Å². The van der Waals surface area contributed by atoms with Crippen molar-refractivity contribution < 1.29 is 0 Å². The van der Waals surface area contributed by atoms with Crippen LogP contribution in [0.1, 0.15) is 11.1 Å². The molecule has 168 valence electrons. The fourth-order valence-electron chi connectivity index (χ4n) is 4.98. The Bertz CT molecular complexity index is 1860. The van der Waals surface area contributed by atoms with Crippen LogP contribution in [0.2, 0.25) is 0 Å². The van der Waals surface area contributed by atoms with Gasteiger partial charge in [-0.3, -0.25) is 0 Å². The topological polar surface area (TPSA) is 33.1 Å². The molecule has 0 saturated heterocycles. The number of para-hydroxylation sites is 1. The second-order valence-corrected chi connectivity index (χ2v) is 8.92. The molecule has 1 aromatic heterocycles. The summed E-state index contributed by atoms with van der Waals surface area (Å²) in [6, 6.07) is 39.3. The Morgan fingerprint density at radius 2 is 1.42 bits per heavy atom. The summed E-state index contributed by atoms with van der Waals surface area (Å²) in [5.74, 6) is 0. The van der Waals surface area contributed by atoms with E-state index in [1.54, 1.807) is 0 Å². The Hall–Kier alpha value is -5.12. The molecule has 0 spiro atoms. The Morgan fingerprint density at radius 3 is 2.22 bits per heavy atom. The number of rotatable bonds is 3. The summed E-state index contributed by atoms with van der Waals surface area (Å²) in [6.07, 6.45) is 0. The molecular weight excluding hydrogens is 438 g/mol. The first-order valence-corrected chi connectivity index (χ1v) is 11.8. The van der Waals surface area contributed by atoms with Crippen LogP contribution in [0.15, 0.2) is 109 Å². The minimum Gasteiger partial charge on any atom is -0.309 e. The van der Waals surface area contributed by atoms with E-state index in [1.165, 1.54) is 5.56 Å². The number of hydrogen-bond donors (Lipinski definition) is 0. The smallest absolute Gasteiger partial charge is 0.188 e. The van der Waals surface area contributed by atoms with E-state index in [0.29, 0.717) is 11.3 Å². The molecule has 0 bridgehead atoms. The predicted octanol–water partition coefficient (Wildman–Crippen LogP) is 8.85. The summed E-state index contributed by atoms with van der Waals surface area (Å²) in [5.41, 5.74) is 9.76. The molecule has 0 aliphatic heterocycles. The van der Waals surface area contributed by atoms with Crippen LogP contribution in [0.25, 0.3) is 54.6 Å². The van der Waals surface area contributed by atoms with Crippen molar-refractivity contribution in [2.75, 3.05) is 0 Å². The summed E-state index contributed by atoms with van der Waals surface area (Å²) in [5, 5.41) is 11.9. The zero-order chi connectivity index (χ0) is 24.6. The third-order valence-corrected chi connectivity index (χ3v) is 6.74.